The summed E-state index contributed by atoms with van der Waals surface area (Å²) in [6, 6.07) is 5.69. The topological polar surface area (TPSA) is 120 Å². The van der Waals surface area contributed by atoms with Crippen molar-refractivity contribution in [2.45, 2.75) is 13.3 Å². The molecular weight excluding hydrogens is 328 g/mol. The van der Waals surface area contributed by atoms with Gasteiger partial charge >= 0.3 is 0 Å². The van der Waals surface area contributed by atoms with Gasteiger partial charge in [0, 0.05) is 35.5 Å². The third-order valence-electron chi connectivity index (χ3n) is 4.87. The highest BCUT2D eigenvalue weighted by atomic mass is 16.2. The van der Waals surface area contributed by atoms with E-state index < -0.39 is 0 Å². The summed E-state index contributed by atoms with van der Waals surface area (Å²) in [5, 5.41) is 4.49. The number of aromatic nitrogens is 3. The minimum absolute atomic E-state index is 0.00592. The number of nitrogens with one attached hydrogen (secondary N) is 1. The fourth-order valence-electron chi connectivity index (χ4n) is 3.16. The maximum absolute atomic E-state index is 12.2. The Bertz CT molecular complexity index is 1000. The van der Waals surface area contributed by atoms with Crippen molar-refractivity contribution in [2.24, 2.45) is 17.6 Å². The van der Waals surface area contributed by atoms with Gasteiger partial charge in [-0.2, -0.15) is 0 Å². The van der Waals surface area contributed by atoms with Crippen molar-refractivity contribution < 1.29 is 4.79 Å². The minimum Gasteiger partial charge on any atom is -0.383 e. The first-order valence-corrected chi connectivity index (χ1v) is 8.55. The average Bonchev–Trinajstić information content (AvgIpc) is 3.42. The van der Waals surface area contributed by atoms with Crippen molar-refractivity contribution in [2.75, 3.05) is 17.6 Å². The Labute approximate surface area is 150 Å². The second-order valence-electron chi connectivity index (χ2n) is 6.70. The number of fused-ring (bicyclic) bond motifs is 1. The van der Waals surface area contributed by atoms with Crippen LogP contribution in [0.3, 0.4) is 0 Å². The zero-order chi connectivity index (χ0) is 18.3. The Hall–Kier alpha value is -3.06. The second kappa shape index (κ2) is 6.34. The van der Waals surface area contributed by atoms with E-state index in [2.05, 4.69) is 20.3 Å². The summed E-state index contributed by atoms with van der Waals surface area (Å²) in [5.41, 5.74) is 14.5. The third kappa shape index (κ3) is 2.97. The number of hydrogen-bond donors (Lipinski definition) is 3. The van der Waals surface area contributed by atoms with E-state index in [1.165, 1.54) is 0 Å². The maximum Gasteiger partial charge on any atom is 0.228 e. The van der Waals surface area contributed by atoms with Crippen LogP contribution in [0.15, 0.2) is 36.8 Å². The maximum atomic E-state index is 12.2. The van der Waals surface area contributed by atoms with Crippen LogP contribution < -0.4 is 16.8 Å². The molecule has 26 heavy (non-hydrogen) atoms. The summed E-state index contributed by atoms with van der Waals surface area (Å²) in [5.74, 6) is 1.16. The van der Waals surface area contributed by atoms with Gasteiger partial charge in [-0.25, -0.2) is 9.97 Å². The van der Waals surface area contributed by atoms with Crippen LogP contribution >= 0.6 is 0 Å². The fraction of sp³-hybridized carbons (Fsp3) is 0.263. The molecule has 4 rings (SSSR count). The molecule has 0 bridgehead atoms. The van der Waals surface area contributed by atoms with Gasteiger partial charge in [0.25, 0.3) is 0 Å². The highest BCUT2D eigenvalue weighted by molar-refractivity contribution is 5.98. The van der Waals surface area contributed by atoms with Crippen molar-refractivity contribution in [3.63, 3.8) is 0 Å². The molecule has 132 valence electrons. The number of aryl methyl sites for hydroxylation is 1. The molecule has 5 N–H and O–H groups in total. The van der Waals surface area contributed by atoms with Gasteiger partial charge in [0.1, 0.15) is 11.6 Å². The van der Waals surface area contributed by atoms with Gasteiger partial charge in [-0.1, -0.05) is 0 Å². The lowest BCUT2D eigenvalue weighted by molar-refractivity contribution is -0.117. The lowest BCUT2D eigenvalue weighted by Crippen LogP contribution is -2.17. The van der Waals surface area contributed by atoms with E-state index >= 15 is 0 Å². The Morgan fingerprint density at radius 2 is 2.19 bits per heavy atom. The second-order valence-corrected chi connectivity index (χ2v) is 6.70. The highest BCUT2D eigenvalue weighted by Gasteiger charge is 2.41. The molecular formula is C19H20N6O. The first-order chi connectivity index (χ1) is 12.6. The molecule has 3 heterocycles. The number of amides is 1. The molecule has 0 unspecified atom stereocenters. The number of carbonyl (C=O) groups is 1. The number of nitrogens with two attached hydrogens (primary N) is 2. The summed E-state index contributed by atoms with van der Waals surface area (Å²) < 4.78 is 0. The van der Waals surface area contributed by atoms with E-state index in [1.54, 1.807) is 18.6 Å². The van der Waals surface area contributed by atoms with E-state index in [0.717, 1.165) is 34.0 Å². The van der Waals surface area contributed by atoms with Gasteiger partial charge in [0.05, 0.1) is 5.69 Å². The summed E-state index contributed by atoms with van der Waals surface area (Å²) >= 11 is 0. The Morgan fingerprint density at radius 3 is 2.92 bits per heavy atom. The summed E-state index contributed by atoms with van der Waals surface area (Å²) in [6.07, 6.45) is 6.00. The zero-order valence-corrected chi connectivity index (χ0v) is 14.4. The Morgan fingerprint density at radius 1 is 1.35 bits per heavy atom. The molecule has 3 aromatic heterocycles. The fourth-order valence-corrected chi connectivity index (χ4v) is 3.16. The van der Waals surface area contributed by atoms with Gasteiger partial charge in [-0.05, 0) is 55.0 Å². The first-order valence-electron chi connectivity index (χ1n) is 8.55. The summed E-state index contributed by atoms with van der Waals surface area (Å²) in [4.78, 5) is 25.2. The van der Waals surface area contributed by atoms with Gasteiger partial charge in [0.15, 0.2) is 0 Å². The summed E-state index contributed by atoms with van der Waals surface area (Å²) in [7, 11) is 0. The molecule has 1 amide bonds. The molecule has 0 spiro atoms. The van der Waals surface area contributed by atoms with E-state index in [4.69, 9.17) is 11.5 Å². The van der Waals surface area contributed by atoms with Gasteiger partial charge in [-0.15, -0.1) is 0 Å². The average molecular weight is 348 g/mol. The Kier molecular flexibility index (Phi) is 4.00. The molecule has 3 aromatic rings. The van der Waals surface area contributed by atoms with Gasteiger partial charge in [0.2, 0.25) is 5.91 Å². The molecule has 1 aliphatic carbocycles. The van der Waals surface area contributed by atoms with Crippen molar-refractivity contribution in [1.82, 2.24) is 15.0 Å². The molecule has 1 saturated carbocycles. The molecule has 7 nitrogen and oxygen atoms in total. The molecule has 1 aliphatic rings. The predicted molar refractivity (Wildman–Crippen MR) is 101 cm³/mol. The molecule has 1 fully saturated rings. The van der Waals surface area contributed by atoms with Gasteiger partial charge in [-0.3, -0.25) is 9.78 Å². The normalized spacial score (nSPS) is 18.7. The van der Waals surface area contributed by atoms with E-state index in [0.29, 0.717) is 18.2 Å². The van der Waals surface area contributed by atoms with Crippen LogP contribution in [0.1, 0.15) is 12.0 Å². The van der Waals surface area contributed by atoms with Crippen LogP contribution in [0.4, 0.5) is 11.6 Å². The smallest absolute Gasteiger partial charge is 0.228 e. The number of anilines is 2. The van der Waals surface area contributed by atoms with Crippen molar-refractivity contribution >= 4 is 28.3 Å². The van der Waals surface area contributed by atoms with E-state index in [-0.39, 0.29) is 17.7 Å². The van der Waals surface area contributed by atoms with Crippen LogP contribution in [0.2, 0.25) is 0 Å². The van der Waals surface area contributed by atoms with Crippen LogP contribution in [-0.4, -0.2) is 27.4 Å². The molecule has 0 saturated heterocycles. The highest BCUT2D eigenvalue weighted by Crippen LogP contribution is 2.38. The van der Waals surface area contributed by atoms with Crippen molar-refractivity contribution in [1.29, 1.82) is 0 Å². The standard InChI is InChI=1S/C19H20N6O/c1-10-2-3-22-8-14(10)16-5-11-6-17(23-9-15(11)18(21)24-16)25-19(26)13-4-12(13)7-20/h2-3,5-6,8-9,12-13H,4,7,20H2,1H3,(H2,21,24)(H,23,25,26)/t12-,13+/m0/s1. The van der Waals surface area contributed by atoms with Crippen molar-refractivity contribution in [3.05, 3.63) is 42.4 Å². The first kappa shape index (κ1) is 16.4. The molecule has 2 atom stereocenters. The minimum atomic E-state index is -0.0299. The molecule has 0 radical (unpaired) electrons. The number of hydrogen-bond acceptors (Lipinski definition) is 6. The van der Waals surface area contributed by atoms with E-state index in [1.807, 2.05) is 25.1 Å². The summed E-state index contributed by atoms with van der Waals surface area (Å²) in [6.45, 7) is 2.54. The van der Waals surface area contributed by atoms with Crippen molar-refractivity contribution in [3.8, 4) is 11.3 Å². The van der Waals surface area contributed by atoms with Crippen LogP contribution in [-0.2, 0) is 4.79 Å². The Balaban J connectivity index is 1.68. The third-order valence-corrected chi connectivity index (χ3v) is 4.87. The number of carbonyl (C=O) groups excluding carboxylic acids is 1. The largest absolute Gasteiger partial charge is 0.383 e. The molecule has 0 aromatic carbocycles. The number of pyridine rings is 3. The van der Waals surface area contributed by atoms with Crippen LogP contribution in [0, 0.1) is 18.8 Å². The number of nitrogens with zero attached hydrogens (tertiary/aromatic N) is 3. The van der Waals surface area contributed by atoms with Gasteiger partial charge < -0.3 is 16.8 Å². The quantitative estimate of drug-likeness (QED) is 0.664. The lowest BCUT2D eigenvalue weighted by Gasteiger charge is -2.10. The molecule has 7 heteroatoms. The lowest BCUT2D eigenvalue weighted by atomic mass is 10.1. The SMILES string of the molecule is Cc1ccncc1-c1cc2cc(NC(=O)[C@@H]3C[C@H]3CN)ncc2c(N)n1. The number of nitrogen functional groups attached to an aromatic ring is 1. The zero-order valence-electron chi connectivity index (χ0n) is 14.4. The van der Waals surface area contributed by atoms with E-state index in [9.17, 15) is 4.79 Å². The van der Waals surface area contributed by atoms with Crippen LogP contribution in [0.25, 0.3) is 22.0 Å². The monoisotopic (exact) mass is 348 g/mol. The predicted octanol–water partition coefficient (Wildman–Crippen LogP) is 2.12. The van der Waals surface area contributed by atoms with Crippen LogP contribution in [0.5, 0.6) is 0 Å². The molecule has 0 aliphatic heterocycles. The number of rotatable bonds is 4.